The molecule has 0 amide bonds. The first-order chi connectivity index (χ1) is 14.5. The first-order valence-electron chi connectivity index (χ1n) is 9.47. The van der Waals surface area contributed by atoms with Crippen molar-refractivity contribution >= 4 is 17.6 Å². The molecule has 0 aliphatic carbocycles. The molecule has 1 unspecified atom stereocenters. The summed E-state index contributed by atoms with van der Waals surface area (Å²) in [5.74, 6) is 1.15. The lowest BCUT2D eigenvalue weighted by Gasteiger charge is -2.18. The Bertz CT molecular complexity index is 1020. The highest BCUT2D eigenvalue weighted by atomic mass is 35.5. The van der Waals surface area contributed by atoms with Crippen LogP contribution in [0.2, 0.25) is 5.02 Å². The molecule has 0 saturated carbocycles. The van der Waals surface area contributed by atoms with Gasteiger partial charge in [-0.05, 0) is 43.7 Å². The lowest BCUT2D eigenvalue weighted by molar-refractivity contribution is 0.380. The van der Waals surface area contributed by atoms with Crippen LogP contribution in [0.3, 0.4) is 0 Å². The van der Waals surface area contributed by atoms with Crippen molar-refractivity contribution in [3.05, 3.63) is 64.8 Å². The van der Waals surface area contributed by atoms with E-state index in [1.54, 1.807) is 24.3 Å². The molecular weight excluding hydrogens is 409 g/mol. The van der Waals surface area contributed by atoms with Crippen LogP contribution in [0.25, 0.3) is 11.4 Å². The van der Waals surface area contributed by atoms with Crippen LogP contribution in [-0.2, 0) is 6.54 Å². The van der Waals surface area contributed by atoms with E-state index >= 15 is 0 Å². The molecule has 158 valence electrons. The number of hydrogen-bond acceptors (Lipinski definition) is 5. The molecule has 2 N–H and O–H groups in total. The zero-order chi connectivity index (χ0) is 21.5. The zero-order valence-electron chi connectivity index (χ0n) is 16.9. The van der Waals surface area contributed by atoms with E-state index in [0.717, 1.165) is 11.1 Å². The van der Waals surface area contributed by atoms with Crippen LogP contribution in [0.1, 0.15) is 31.3 Å². The number of halogens is 2. The lowest BCUT2D eigenvalue weighted by atomic mass is 10.1. The third-order valence-electron chi connectivity index (χ3n) is 4.30. The first-order valence-corrected chi connectivity index (χ1v) is 9.84. The average molecular weight is 432 g/mol. The first kappa shape index (κ1) is 21.6. The van der Waals surface area contributed by atoms with Crippen LogP contribution < -0.4 is 15.4 Å². The zero-order valence-corrected chi connectivity index (χ0v) is 17.7. The highest BCUT2D eigenvalue weighted by Gasteiger charge is 2.13. The van der Waals surface area contributed by atoms with Gasteiger partial charge in [0.2, 0.25) is 11.7 Å². The molecule has 0 fully saturated rings. The second kappa shape index (κ2) is 10.1. The molecule has 1 atom stereocenters. The highest BCUT2D eigenvalue weighted by Crippen LogP contribution is 2.22. The van der Waals surface area contributed by atoms with Gasteiger partial charge >= 0.3 is 0 Å². The van der Waals surface area contributed by atoms with Crippen LogP contribution in [0.15, 0.2) is 52.0 Å². The number of aliphatic imine (C=N–C) groups is 1. The molecule has 0 bridgehead atoms. The number of guanidine groups is 1. The third kappa shape index (κ3) is 5.48. The number of ether oxygens (including phenoxy) is 1. The molecule has 0 radical (unpaired) electrons. The molecule has 30 heavy (non-hydrogen) atoms. The summed E-state index contributed by atoms with van der Waals surface area (Å²) in [5.41, 5.74) is 1.53. The van der Waals surface area contributed by atoms with Gasteiger partial charge in [-0.2, -0.15) is 4.98 Å². The Kier molecular flexibility index (Phi) is 7.24. The molecule has 9 heteroatoms. The molecule has 0 aliphatic heterocycles. The van der Waals surface area contributed by atoms with Gasteiger partial charge in [-0.3, -0.25) is 0 Å². The predicted octanol–water partition coefficient (Wildman–Crippen LogP) is 4.35. The van der Waals surface area contributed by atoms with Crippen molar-refractivity contribution in [2.75, 3.05) is 13.7 Å². The van der Waals surface area contributed by atoms with E-state index in [2.05, 4.69) is 25.8 Å². The molecule has 0 aliphatic rings. The summed E-state index contributed by atoms with van der Waals surface area (Å²) < 4.78 is 24.3. The normalized spacial score (nSPS) is 12.5. The van der Waals surface area contributed by atoms with Crippen molar-refractivity contribution in [2.24, 2.45) is 4.99 Å². The van der Waals surface area contributed by atoms with Gasteiger partial charge in [-0.25, -0.2) is 9.38 Å². The highest BCUT2D eigenvalue weighted by molar-refractivity contribution is 6.30. The largest absolute Gasteiger partial charge is 0.494 e. The summed E-state index contributed by atoms with van der Waals surface area (Å²) >= 11 is 6.01. The Morgan fingerprint density at radius 2 is 2.13 bits per heavy atom. The Hall–Kier alpha value is -3.13. The van der Waals surface area contributed by atoms with E-state index < -0.39 is 5.82 Å². The SMILES string of the molecule is CCNC(=NCc1nc(-c2cccc(Cl)c2)no1)NC(C)c1ccc(OC)c(F)c1. The minimum absolute atomic E-state index is 0.187. The van der Waals surface area contributed by atoms with Crippen LogP contribution in [0.4, 0.5) is 4.39 Å². The molecule has 0 saturated heterocycles. The van der Waals surface area contributed by atoms with E-state index in [-0.39, 0.29) is 18.3 Å². The Morgan fingerprint density at radius 3 is 2.83 bits per heavy atom. The Labute approximate surface area is 179 Å². The molecule has 1 aromatic heterocycles. The quantitative estimate of drug-likeness (QED) is 0.427. The smallest absolute Gasteiger partial charge is 0.248 e. The van der Waals surface area contributed by atoms with Gasteiger partial charge in [0.1, 0.15) is 6.54 Å². The van der Waals surface area contributed by atoms with Gasteiger partial charge in [0.05, 0.1) is 13.2 Å². The summed E-state index contributed by atoms with van der Waals surface area (Å²) in [4.78, 5) is 8.84. The van der Waals surface area contributed by atoms with Crippen molar-refractivity contribution in [3.63, 3.8) is 0 Å². The number of nitrogens with one attached hydrogen (secondary N) is 2. The maximum atomic E-state index is 14.0. The summed E-state index contributed by atoms with van der Waals surface area (Å²) in [5, 5.41) is 11.0. The summed E-state index contributed by atoms with van der Waals surface area (Å²) in [6.45, 7) is 4.72. The van der Waals surface area contributed by atoms with Gasteiger partial charge in [0.25, 0.3) is 0 Å². The Balaban J connectivity index is 1.69. The van der Waals surface area contributed by atoms with Crippen LogP contribution in [0, 0.1) is 5.82 Å². The fraction of sp³-hybridized carbons (Fsp3) is 0.286. The monoisotopic (exact) mass is 431 g/mol. The van der Waals surface area contributed by atoms with E-state index in [9.17, 15) is 4.39 Å². The van der Waals surface area contributed by atoms with Crippen LogP contribution in [-0.4, -0.2) is 29.8 Å². The van der Waals surface area contributed by atoms with Crippen molar-refractivity contribution in [3.8, 4) is 17.1 Å². The van der Waals surface area contributed by atoms with E-state index in [1.165, 1.54) is 13.2 Å². The fourth-order valence-corrected chi connectivity index (χ4v) is 2.96. The molecule has 3 aromatic rings. The van der Waals surface area contributed by atoms with Gasteiger partial charge in [-0.15, -0.1) is 0 Å². The molecule has 1 heterocycles. The minimum Gasteiger partial charge on any atom is -0.494 e. The Morgan fingerprint density at radius 1 is 1.30 bits per heavy atom. The number of hydrogen-bond donors (Lipinski definition) is 2. The van der Waals surface area contributed by atoms with Gasteiger partial charge in [0.15, 0.2) is 17.5 Å². The van der Waals surface area contributed by atoms with Gasteiger partial charge in [0, 0.05) is 17.1 Å². The van der Waals surface area contributed by atoms with Gasteiger partial charge < -0.3 is 19.9 Å². The molecule has 7 nitrogen and oxygen atoms in total. The second-order valence-corrected chi connectivity index (χ2v) is 6.91. The van der Waals surface area contributed by atoms with Crippen molar-refractivity contribution in [2.45, 2.75) is 26.4 Å². The number of methoxy groups -OCH3 is 1. The lowest BCUT2D eigenvalue weighted by Crippen LogP contribution is -2.38. The number of aromatic nitrogens is 2. The second-order valence-electron chi connectivity index (χ2n) is 6.48. The van der Waals surface area contributed by atoms with Gasteiger partial charge in [-0.1, -0.05) is 35.0 Å². The summed E-state index contributed by atoms with van der Waals surface area (Å²) in [6, 6.07) is 11.9. The fourth-order valence-electron chi connectivity index (χ4n) is 2.77. The molecular formula is C21H23ClFN5O2. The molecule has 2 aromatic carbocycles. The van der Waals surface area contributed by atoms with Crippen molar-refractivity contribution in [1.82, 2.24) is 20.8 Å². The van der Waals surface area contributed by atoms with E-state index in [0.29, 0.717) is 29.2 Å². The van der Waals surface area contributed by atoms with E-state index in [1.807, 2.05) is 26.0 Å². The summed E-state index contributed by atoms with van der Waals surface area (Å²) in [7, 11) is 1.44. The number of rotatable bonds is 7. The summed E-state index contributed by atoms with van der Waals surface area (Å²) in [6.07, 6.45) is 0. The van der Waals surface area contributed by atoms with E-state index in [4.69, 9.17) is 20.9 Å². The van der Waals surface area contributed by atoms with Crippen molar-refractivity contribution in [1.29, 1.82) is 0 Å². The third-order valence-corrected chi connectivity index (χ3v) is 4.53. The number of nitrogens with zero attached hydrogens (tertiary/aromatic N) is 3. The van der Waals surface area contributed by atoms with Crippen LogP contribution in [0.5, 0.6) is 5.75 Å². The molecule has 0 spiro atoms. The maximum absolute atomic E-state index is 14.0. The van der Waals surface area contributed by atoms with Crippen LogP contribution >= 0.6 is 11.6 Å². The maximum Gasteiger partial charge on any atom is 0.248 e. The van der Waals surface area contributed by atoms with Crippen molar-refractivity contribution < 1.29 is 13.7 Å². The standard InChI is InChI=1S/C21H23ClFN5O2/c1-4-24-21(26-13(2)14-8-9-18(29-3)17(23)11-14)25-12-19-27-20(28-30-19)15-6-5-7-16(22)10-15/h5-11,13H,4,12H2,1-3H3,(H2,24,25,26). The number of benzene rings is 2. The molecule has 3 rings (SSSR count). The minimum atomic E-state index is -0.412. The predicted molar refractivity (Wildman–Crippen MR) is 114 cm³/mol. The average Bonchev–Trinajstić information content (AvgIpc) is 3.21. The topological polar surface area (TPSA) is 84.6 Å².